The number of hydrogen-bond acceptors (Lipinski definition) is 1. The Morgan fingerprint density at radius 3 is 1.85 bits per heavy atom. The standard InChI is InChI=1S/C19H32O/c1-4-5-6-7-8-9-10-11-12-19(20)18-14-16(2)13-17(3)15-18/h13-15,19-20H,4-12H2,1-3H3. The minimum atomic E-state index is -0.284. The molecular formula is C19H32O. The van der Waals surface area contributed by atoms with E-state index in [2.05, 4.69) is 39.0 Å². The van der Waals surface area contributed by atoms with Gasteiger partial charge < -0.3 is 5.11 Å². The van der Waals surface area contributed by atoms with E-state index in [1.54, 1.807) is 0 Å². The maximum Gasteiger partial charge on any atom is 0.0790 e. The molecule has 0 aliphatic heterocycles. The lowest BCUT2D eigenvalue weighted by molar-refractivity contribution is 0.163. The van der Waals surface area contributed by atoms with Gasteiger partial charge in [0, 0.05) is 0 Å². The third kappa shape index (κ3) is 7.09. The summed E-state index contributed by atoms with van der Waals surface area (Å²) >= 11 is 0. The molecule has 0 amide bonds. The smallest absolute Gasteiger partial charge is 0.0790 e. The van der Waals surface area contributed by atoms with Gasteiger partial charge in [-0.2, -0.15) is 0 Å². The number of aliphatic hydroxyl groups is 1. The highest BCUT2D eigenvalue weighted by molar-refractivity contribution is 5.29. The second-order valence-electron chi connectivity index (χ2n) is 6.20. The van der Waals surface area contributed by atoms with Gasteiger partial charge in [-0.05, 0) is 25.8 Å². The molecule has 1 N–H and O–H groups in total. The Balaban J connectivity index is 2.15. The summed E-state index contributed by atoms with van der Waals surface area (Å²) in [7, 11) is 0. The lowest BCUT2D eigenvalue weighted by Crippen LogP contribution is -1.98. The molecule has 0 aliphatic carbocycles. The van der Waals surface area contributed by atoms with Crippen LogP contribution in [-0.4, -0.2) is 5.11 Å². The van der Waals surface area contributed by atoms with E-state index in [9.17, 15) is 5.11 Å². The van der Waals surface area contributed by atoms with Crippen molar-refractivity contribution in [1.29, 1.82) is 0 Å². The van der Waals surface area contributed by atoms with Gasteiger partial charge in [0.05, 0.1) is 6.10 Å². The van der Waals surface area contributed by atoms with Crippen molar-refractivity contribution in [3.8, 4) is 0 Å². The van der Waals surface area contributed by atoms with Gasteiger partial charge in [-0.15, -0.1) is 0 Å². The summed E-state index contributed by atoms with van der Waals surface area (Å²) in [4.78, 5) is 0. The van der Waals surface area contributed by atoms with Crippen LogP contribution in [0.3, 0.4) is 0 Å². The van der Waals surface area contributed by atoms with Gasteiger partial charge >= 0.3 is 0 Å². The fraction of sp³-hybridized carbons (Fsp3) is 0.684. The first kappa shape index (κ1) is 17.2. The van der Waals surface area contributed by atoms with Crippen molar-refractivity contribution in [2.75, 3.05) is 0 Å². The normalized spacial score (nSPS) is 12.6. The Hall–Kier alpha value is -0.820. The number of benzene rings is 1. The van der Waals surface area contributed by atoms with Gasteiger partial charge in [-0.3, -0.25) is 0 Å². The van der Waals surface area contributed by atoms with Crippen LogP contribution in [-0.2, 0) is 0 Å². The third-order valence-corrected chi connectivity index (χ3v) is 3.96. The average molecular weight is 276 g/mol. The number of aryl methyl sites for hydroxylation is 2. The molecule has 0 aromatic heterocycles. The van der Waals surface area contributed by atoms with E-state index >= 15 is 0 Å². The molecule has 0 heterocycles. The van der Waals surface area contributed by atoms with E-state index < -0.39 is 0 Å². The molecule has 1 aromatic rings. The first-order valence-corrected chi connectivity index (χ1v) is 8.39. The topological polar surface area (TPSA) is 20.2 Å². The van der Waals surface area contributed by atoms with Gasteiger partial charge in [0.25, 0.3) is 0 Å². The molecule has 0 radical (unpaired) electrons. The Morgan fingerprint density at radius 1 is 0.800 bits per heavy atom. The van der Waals surface area contributed by atoms with Crippen LogP contribution in [0.2, 0.25) is 0 Å². The monoisotopic (exact) mass is 276 g/mol. The highest BCUT2D eigenvalue weighted by atomic mass is 16.3. The molecule has 0 saturated carbocycles. The number of unbranched alkanes of at least 4 members (excludes halogenated alkanes) is 7. The molecule has 0 aliphatic rings. The van der Waals surface area contributed by atoms with E-state index in [1.165, 1.54) is 56.1 Å². The van der Waals surface area contributed by atoms with Crippen molar-refractivity contribution in [3.05, 3.63) is 34.9 Å². The second-order valence-corrected chi connectivity index (χ2v) is 6.20. The van der Waals surface area contributed by atoms with Crippen molar-refractivity contribution in [2.24, 2.45) is 0 Å². The predicted molar refractivity (Wildman–Crippen MR) is 88.1 cm³/mol. The van der Waals surface area contributed by atoms with Crippen molar-refractivity contribution < 1.29 is 5.11 Å². The number of rotatable bonds is 10. The molecule has 1 aromatic carbocycles. The van der Waals surface area contributed by atoms with Crippen LogP contribution in [0.5, 0.6) is 0 Å². The maximum atomic E-state index is 10.2. The highest BCUT2D eigenvalue weighted by Gasteiger charge is 2.08. The quantitative estimate of drug-likeness (QED) is 0.530. The van der Waals surface area contributed by atoms with Gasteiger partial charge in [-0.1, -0.05) is 87.6 Å². The van der Waals surface area contributed by atoms with Crippen LogP contribution < -0.4 is 0 Å². The molecule has 1 heteroatoms. The second kappa shape index (κ2) is 9.99. The van der Waals surface area contributed by atoms with E-state index in [0.29, 0.717) is 0 Å². The molecule has 114 valence electrons. The van der Waals surface area contributed by atoms with Gasteiger partial charge in [0.15, 0.2) is 0 Å². The Morgan fingerprint density at radius 2 is 1.30 bits per heavy atom. The molecule has 1 rings (SSSR count). The SMILES string of the molecule is CCCCCCCCCCC(O)c1cc(C)cc(C)c1. The summed E-state index contributed by atoms with van der Waals surface area (Å²) in [6.45, 7) is 6.45. The summed E-state index contributed by atoms with van der Waals surface area (Å²) in [5.74, 6) is 0. The number of hydrogen-bond donors (Lipinski definition) is 1. The number of aliphatic hydroxyl groups excluding tert-OH is 1. The van der Waals surface area contributed by atoms with Crippen LogP contribution in [0, 0.1) is 13.8 Å². The lowest BCUT2D eigenvalue weighted by Gasteiger charge is -2.12. The maximum absolute atomic E-state index is 10.2. The fourth-order valence-electron chi connectivity index (χ4n) is 2.84. The van der Waals surface area contributed by atoms with Crippen molar-refractivity contribution in [1.82, 2.24) is 0 Å². The molecular weight excluding hydrogens is 244 g/mol. The van der Waals surface area contributed by atoms with Crippen LogP contribution >= 0.6 is 0 Å². The summed E-state index contributed by atoms with van der Waals surface area (Å²) in [6.07, 6.45) is 11.2. The zero-order valence-corrected chi connectivity index (χ0v) is 13.6. The molecule has 0 bridgehead atoms. The van der Waals surface area contributed by atoms with Crippen LogP contribution in [0.15, 0.2) is 18.2 Å². The first-order valence-electron chi connectivity index (χ1n) is 8.39. The van der Waals surface area contributed by atoms with E-state index in [-0.39, 0.29) is 6.10 Å². The minimum Gasteiger partial charge on any atom is -0.388 e. The molecule has 0 fully saturated rings. The Bertz CT molecular complexity index is 350. The Kier molecular flexibility index (Phi) is 8.60. The highest BCUT2D eigenvalue weighted by Crippen LogP contribution is 2.22. The largest absolute Gasteiger partial charge is 0.388 e. The minimum absolute atomic E-state index is 0.284. The molecule has 0 saturated heterocycles. The summed E-state index contributed by atoms with van der Waals surface area (Å²) in [5, 5.41) is 10.2. The molecule has 0 spiro atoms. The van der Waals surface area contributed by atoms with Gasteiger partial charge in [0.2, 0.25) is 0 Å². The molecule has 1 unspecified atom stereocenters. The predicted octanol–water partition coefficient (Wildman–Crippen LogP) is 5.87. The fourth-order valence-corrected chi connectivity index (χ4v) is 2.84. The lowest BCUT2D eigenvalue weighted by atomic mass is 9.98. The summed E-state index contributed by atoms with van der Waals surface area (Å²) < 4.78 is 0. The van der Waals surface area contributed by atoms with Gasteiger partial charge in [0.1, 0.15) is 0 Å². The van der Waals surface area contributed by atoms with E-state index in [4.69, 9.17) is 0 Å². The van der Waals surface area contributed by atoms with Crippen LogP contribution in [0.1, 0.15) is 87.5 Å². The third-order valence-electron chi connectivity index (χ3n) is 3.96. The van der Waals surface area contributed by atoms with E-state index in [1.807, 2.05) is 0 Å². The van der Waals surface area contributed by atoms with Crippen LogP contribution in [0.4, 0.5) is 0 Å². The average Bonchev–Trinajstić information content (AvgIpc) is 2.40. The van der Waals surface area contributed by atoms with E-state index in [0.717, 1.165) is 18.4 Å². The van der Waals surface area contributed by atoms with Gasteiger partial charge in [-0.25, -0.2) is 0 Å². The first-order chi connectivity index (χ1) is 9.63. The van der Waals surface area contributed by atoms with Crippen molar-refractivity contribution in [3.63, 3.8) is 0 Å². The molecule has 1 nitrogen and oxygen atoms in total. The molecule has 20 heavy (non-hydrogen) atoms. The van der Waals surface area contributed by atoms with Crippen molar-refractivity contribution >= 4 is 0 Å². The van der Waals surface area contributed by atoms with Crippen LogP contribution in [0.25, 0.3) is 0 Å². The van der Waals surface area contributed by atoms with Crippen molar-refractivity contribution in [2.45, 2.75) is 84.7 Å². The Labute approximate surface area is 125 Å². The zero-order chi connectivity index (χ0) is 14.8. The molecule has 1 atom stereocenters. The summed E-state index contributed by atoms with van der Waals surface area (Å²) in [6, 6.07) is 6.39. The summed E-state index contributed by atoms with van der Waals surface area (Å²) in [5.41, 5.74) is 3.58. The zero-order valence-electron chi connectivity index (χ0n) is 13.6.